The summed E-state index contributed by atoms with van der Waals surface area (Å²) in [5, 5.41) is 2.78. The molecule has 0 bridgehead atoms. The van der Waals surface area contributed by atoms with Crippen LogP contribution < -0.4 is 5.32 Å². The standard InChI is InChI=1S/C25H34N4O4/c1-6-14-28(25(32)26-21-12-10-20(11-13-21)24(31)33-7-2)18-23(30)29(16-19(3)4)17-22-9-8-15-27(22)5/h6,8-13,15,19H,1,7,14,16-18H2,2-5H3,(H,26,32). The van der Waals surface area contributed by atoms with Crippen LogP contribution in [0.25, 0.3) is 0 Å². The van der Waals surface area contributed by atoms with Gasteiger partial charge in [-0.25, -0.2) is 9.59 Å². The van der Waals surface area contributed by atoms with Gasteiger partial charge in [0.1, 0.15) is 6.54 Å². The van der Waals surface area contributed by atoms with Crippen molar-refractivity contribution in [3.05, 3.63) is 66.5 Å². The molecule has 33 heavy (non-hydrogen) atoms. The molecule has 3 amide bonds. The number of esters is 1. The van der Waals surface area contributed by atoms with Crippen LogP contribution in [0.5, 0.6) is 0 Å². The van der Waals surface area contributed by atoms with Crippen molar-refractivity contribution in [3.8, 4) is 0 Å². The Morgan fingerprint density at radius 1 is 1.15 bits per heavy atom. The van der Waals surface area contributed by atoms with Crippen molar-refractivity contribution in [1.82, 2.24) is 14.4 Å². The molecule has 2 rings (SSSR count). The van der Waals surface area contributed by atoms with Crippen LogP contribution in [0.2, 0.25) is 0 Å². The summed E-state index contributed by atoms with van der Waals surface area (Å²) in [4.78, 5) is 41.0. The van der Waals surface area contributed by atoms with Gasteiger partial charge in [-0.1, -0.05) is 19.9 Å². The van der Waals surface area contributed by atoms with E-state index in [1.54, 1.807) is 42.2 Å². The Hall–Kier alpha value is -3.55. The van der Waals surface area contributed by atoms with Gasteiger partial charge in [0.15, 0.2) is 0 Å². The summed E-state index contributed by atoms with van der Waals surface area (Å²) in [6, 6.07) is 9.92. The van der Waals surface area contributed by atoms with Gasteiger partial charge in [0.2, 0.25) is 5.91 Å². The molecule has 178 valence electrons. The molecule has 0 atom stereocenters. The van der Waals surface area contributed by atoms with Crippen LogP contribution in [0.1, 0.15) is 36.8 Å². The van der Waals surface area contributed by atoms with E-state index in [0.29, 0.717) is 30.9 Å². The number of nitrogens with one attached hydrogen (secondary N) is 1. The lowest BCUT2D eigenvalue weighted by Gasteiger charge is -2.28. The number of rotatable bonds is 11. The number of aryl methyl sites for hydroxylation is 1. The van der Waals surface area contributed by atoms with Crippen LogP contribution >= 0.6 is 0 Å². The second kappa shape index (κ2) is 12.5. The van der Waals surface area contributed by atoms with E-state index in [1.807, 2.05) is 29.9 Å². The summed E-state index contributed by atoms with van der Waals surface area (Å²) >= 11 is 0. The fraction of sp³-hybridized carbons (Fsp3) is 0.400. The van der Waals surface area contributed by atoms with Crippen molar-refractivity contribution in [2.45, 2.75) is 27.3 Å². The first-order chi connectivity index (χ1) is 15.7. The molecule has 8 heteroatoms. The normalized spacial score (nSPS) is 10.6. The van der Waals surface area contributed by atoms with Gasteiger partial charge in [0, 0.05) is 37.7 Å². The zero-order valence-corrected chi connectivity index (χ0v) is 19.9. The number of carbonyl (C=O) groups excluding carboxylic acids is 3. The van der Waals surface area contributed by atoms with Crippen molar-refractivity contribution in [2.24, 2.45) is 13.0 Å². The van der Waals surface area contributed by atoms with Gasteiger partial charge in [-0.05, 0) is 49.2 Å². The number of amides is 3. The molecule has 2 aromatic rings. The largest absolute Gasteiger partial charge is 0.462 e. The van der Waals surface area contributed by atoms with Gasteiger partial charge in [-0.15, -0.1) is 6.58 Å². The van der Waals surface area contributed by atoms with E-state index < -0.39 is 12.0 Å². The Kier molecular flexibility index (Phi) is 9.72. The first-order valence-electron chi connectivity index (χ1n) is 11.1. The number of carbonyl (C=O) groups is 3. The lowest BCUT2D eigenvalue weighted by atomic mass is 10.2. The molecule has 0 aliphatic carbocycles. The van der Waals surface area contributed by atoms with E-state index in [9.17, 15) is 14.4 Å². The average molecular weight is 455 g/mol. The van der Waals surface area contributed by atoms with Crippen LogP contribution in [-0.2, 0) is 23.1 Å². The Balaban J connectivity index is 2.08. The Morgan fingerprint density at radius 2 is 1.85 bits per heavy atom. The van der Waals surface area contributed by atoms with Gasteiger partial charge in [0.25, 0.3) is 0 Å². The minimum atomic E-state index is -0.421. The van der Waals surface area contributed by atoms with Crippen LogP contribution in [0.3, 0.4) is 0 Å². The molecule has 1 aromatic carbocycles. The first kappa shape index (κ1) is 25.7. The number of nitrogens with zero attached hydrogens (tertiary/aromatic N) is 3. The smallest absolute Gasteiger partial charge is 0.338 e. The highest BCUT2D eigenvalue weighted by Gasteiger charge is 2.22. The van der Waals surface area contributed by atoms with Gasteiger partial charge >= 0.3 is 12.0 Å². The van der Waals surface area contributed by atoms with Crippen LogP contribution in [0, 0.1) is 5.92 Å². The quantitative estimate of drug-likeness (QED) is 0.412. The second-order valence-corrected chi connectivity index (χ2v) is 8.18. The lowest BCUT2D eigenvalue weighted by molar-refractivity contribution is -0.132. The van der Waals surface area contributed by atoms with Crippen molar-refractivity contribution >= 4 is 23.6 Å². The van der Waals surface area contributed by atoms with E-state index in [-0.39, 0.29) is 24.9 Å². The zero-order chi connectivity index (χ0) is 24.4. The van der Waals surface area contributed by atoms with E-state index in [1.165, 1.54) is 4.90 Å². The Bertz CT molecular complexity index is 950. The SMILES string of the molecule is C=CCN(CC(=O)N(Cc1cccn1C)CC(C)C)C(=O)Nc1ccc(C(=O)OCC)cc1. The topological polar surface area (TPSA) is 83.9 Å². The molecule has 0 saturated heterocycles. The maximum absolute atomic E-state index is 13.1. The molecule has 0 saturated carbocycles. The number of anilines is 1. The van der Waals surface area contributed by atoms with Gasteiger partial charge in [-0.2, -0.15) is 0 Å². The zero-order valence-electron chi connectivity index (χ0n) is 19.9. The van der Waals surface area contributed by atoms with Gasteiger partial charge in [-0.3, -0.25) is 4.79 Å². The fourth-order valence-corrected chi connectivity index (χ4v) is 3.30. The predicted octanol–water partition coefficient (Wildman–Crippen LogP) is 3.91. The van der Waals surface area contributed by atoms with Crippen molar-refractivity contribution in [3.63, 3.8) is 0 Å². The molecule has 1 heterocycles. The van der Waals surface area contributed by atoms with Crippen LogP contribution in [0.4, 0.5) is 10.5 Å². The molecule has 0 aliphatic rings. The summed E-state index contributed by atoms with van der Waals surface area (Å²) in [6.07, 6.45) is 3.53. The molecular weight excluding hydrogens is 420 g/mol. The number of hydrogen-bond acceptors (Lipinski definition) is 4. The highest BCUT2D eigenvalue weighted by molar-refractivity contribution is 5.94. The molecule has 1 aromatic heterocycles. The van der Waals surface area contributed by atoms with Crippen molar-refractivity contribution in [2.75, 3.05) is 31.6 Å². The van der Waals surface area contributed by atoms with E-state index in [0.717, 1.165) is 5.69 Å². The number of ether oxygens (including phenoxy) is 1. The van der Waals surface area contributed by atoms with Crippen LogP contribution in [-0.4, -0.2) is 58.5 Å². The number of benzene rings is 1. The number of aromatic nitrogens is 1. The summed E-state index contributed by atoms with van der Waals surface area (Å²) in [5.41, 5.74) is 1.93. The Labute approximate surface area is 195 Å². The average Bonchev–Trinajstić information content (AvgIpc) is 3.17. The molecular formula is C25H34N4O4. The third kappa shape index (κ3) is 7.82. The summed E-state index contributed by atoms with van der Waals surface area (Å²) < 4.78 is 6.95. The monoisotopic (exact) mass is 454 g/mol. The maximum atomic E-state index is 13.1. The molecule has 0 aliphatic heterocycles. The lowest BCUT2D eigenvalue weighted by Crippen LogP contribution is -2.45. The number of urea groups is 1. The minimum Gasteiger partial charge on any atom is -0.462 e. The predicted molar refractivity (Wildman–Crippen MR) is 129 cm³/mol. The van der Waals surface area contributed by atoms with Crippen LogP contribution in [0.15, 0.2) is 55.3 Å². The third-order valence-electron chi connectivity index (χ3n) is 4.95. The molecule has 1 N–H and O–H groups in total. The second-order valence-electron chi connectivity index (χ2n) is 8.18. The van der Waals surface area contributed by atoms with Crippen molar-refractivity contribution < 1.29 is 19.1 Å². The molecule has 0 fully saturated rings. The highest BCUT2D eigenvalue weighted by atomic mass is 16.5. The molecule has 0 spiro atoms. The highest BCUT2D eigenvalue weighted by Crippen LogP contribution is 2.13. The maximum Gasteiger partial charge on any atom is 0.338 e. The van der Waals surface area contributed by atoms with Gasteiger partial charge < -0.3 is 24.4 Å². The van der Waals surface area contributed by atoms with E-state index >= 15 is 0 Å². The third-order valence-corrected chi connectivity index (χ3v) is 4.95. The van der Waals surface area contributed by atoms with E-state index in [4.69, 9.17) is 4.74 Å². The van der Waals surface area contributed by atoms with Crippen molar-refractivity contribution in [1.29, 1.82) is 0 Å². The van der Waals surface area contributed by atoms with E-state index in [2.05, 4.69) is 25.7 Å². The van der Waals surface area contributed by atoms with Gasteiger partial charge in [0.05, 0.1) is 18.7 Å². The summed E-state index contributed by atoms with van der Waals surface area (Å²) in [7, 11) is 1.94. The summed E-state index contributed by atoms with van der Waals surface area (Å²) in [5.74, 6) is -0.272. The first-order valence-corrected chi connectivity index (χ1v) is 11.1. The Morgan fingerprint density at radius 3 is 2.39 bits per heavy atom. The summed E-state index contributed by atoms with van der Waals surface area (Å²) in [6.45, 7) is 11.1. The molecule has 0 unspecified atom stereocenters. The molecule has 8 nitrogen and oxygen atoms in total. The fourth-order valence-electron chi connectivity index (χ4n) is 3.30. The number of hydrogen-bond donors (Lipinski definition) is 1. The minimum absolute atomic E-state index is 0.0735. The molecule has 0 radical (unpaired) electrons.